The van der Waals surface area contributed by atoms with Gasteiger partial charge in [-0.25, -0.2) is 0 Å². The van der Waals surface area contributed by atoms with Crippen LogP contribution in [-0.4, -0.2) is 40.4 Å². The molecule has 0 aromatic carbocycles. The quantitative estimate of drug-likeness (QED) is 0.570. The molecule has 3 heterocycles. The number of carboxylic acids is 1. The van der Waals surface area contributed by atoms with Crippen molar-refractivity contribution in [3.05, 3.63) is 0 Å². The summed E-state index contributed by atoms with van der Waals surface area (Å²) in [6.07, 6.45) is 1.11. The van der Waals surface area contributed by atoms with Crippen molar-refractivity contribution in [3.8, 4) is 0 Å². The standard InChI is InChI=1S/C8H13NO3/c10-7-6(8(11)12)5-1-3-9(7)4-2-5/h5-7,10H,1-4H2,(H,11,12). The Hall–Kier alpha value is -0.610. The Kier molecular flexibility index (Phi) is 1.81. The van der Waals surface area contributed by atoms with Gasteiger partial charge in [0.2, 0.25) is 0 Å². The fourth-order valence-corrected chi connectivity index (χ4v) is 2.34. The summed E-state index contributed by atoms with van der Waals surface area (Å²) in [5.74, 6) is -1.20. The van der Waals surface area contributed by atoms with Gasteiger partial charge in [-0.1, -0.05) is 0 Å². The SMILES string of the molecule is O=C(O)C1C2CCN(CC2)C1O. The molecule has 68 valence electrons. The molecule has 0 radical (unpaired) electrons. The van der Waals surface area contributed by atoms with E-state index in [0.29, 0.717) is 0 Å². The number of piperidine rings is 3. The number of carboxylic acid groups (broad SMARTS) is 1. The van der Waals surface area contributed by atoms with Gasteiger partial charge in [0.05, 0.1) is 5.92 Å². The van der Waals surface area contributed by atoms with E-state index < -0.39 is 18.1 Å². The number of aliphatic hydroxyl groups excluding tert-OH is 1. The minimum atomic E-state index is -0.850. The molecule has 0 aliphatic carbocycles. The van der Waals surface area contributed by atoms with Gasteiger partial charge in [-0.15, -0.1) is 0 Å². The van der Waals surface area contributed by atoms with Gasteiger partial charge in [0.15, 0.2) is 0 Å². The molecule has 0 amide bonds. The first-order valence-electron chi connectivity index (χ1n) is 4.35. The Balaban J connectivity index is 2.18. The van der Waals surface area contributed by atoms with E-state index >= 15 is 0 Å². The van der Waals surface area contributed by atoms with E-state index in [-0.39, 0.29) is 5.92 Å². The highest BCUT2D eigenvalue weighted by Crippen LogP contribution is 2.35. The van der Waals surface area contributed by atoms with Crippen molar-refractivity contribution in [2.45, 2.75) is 19.1 Å². The van der Waals surface area contributed by atoms with Gasteiger partial charge in [-0.2, -0.15) is 0 Å². The van der Waals surface area contributed by atoms with Gasteiger partial charge in [0.25, 0.3) is 0 Å². The smallest absolute Gasteiger partial charge is 0.310 e. The molecule has 2 unspecified atom stereocenters. The van der Waals surface area contributed by atoms with Crippen LogP contribution in [0.4, 0.5) is 0 Å². The number of rotatable bonds is 1. The van der Waals surface area contributed by atoms with E-state index in [0.717, 1.165) is 25.9 Å². The molecule has 2 bridgehead atoms. The van der Waals surface area contributed by atoms with E-state index in [9.17, 15) is 9.90 Å². The monoisotopic (exact) mass is 171 g/mol. The van der Waals surface area contributed by atoms with Crippen molar-refractivity contribution in [1.29, 1.82) is 0 Å². The van der Waals surface area contributed by atoms with E-state index in [1.807, 2.05) is 4.90 Å². The predicted octanol–water partition coefficient (Wildman–Crippen LogP) is -0.269. The van der Waals surface area contributed by atoms with Crippen molar-refractivity contribution < 1.29 is 15.0 Å². The largest absolute Gasteiger partial charge is 0.481 e. The molecule has 2 N–H and O–H groups in total. The average molecular weight is 171 g/mol. The van der Waals surface area contributed by atoms with E-state index in [2.05, 4.69) is 0 Å². The molecular weight excluding hydrogens is 158 g/mol. The minimum absolute atomic E-state index is 0.197. The highest BCUT2D eigenvalue weighted by atomic mass is 16.4. The third-order valence-corrected chi connectivity index (χ3v) is 3.06. The summed E-state index contributed by atoms with van der Waals surface area (Å²) < 4.78 is 0. The van der Waals surface area contributed by atoms with Crippen LogP contribution in [-0.2, 0) is 4.79 Å². The van der Waals surface area contributed by atoms with Crippen molar-refractivity contribution in [1.82, 2.24) is 4.90 Å². The lowest BCUT2D eigenvalue weighted by molar-refractivity contribution is -0.172. The Labute approximate surface area is 70.8 Å². The summed E-state index contributed by atoms with van der Waals surface area (Å²) in [4.78, 5) is 12.6. The Morgan fingerprint density at radius 2 is 1.92 bits per heavy atom. The van der Waals surface area contributed by atoms with Crippen LogP contribution in [0.5, 0.6) is 0 Å². The first-order valence-corrected chi connectivity index (χ1v) is 4.35. The van der Waals surface area contributed by atoms with Gasteiger partial charge < -0.3 is 10.2 Å². The van der Waals surface area contributed by atoms with Crippen molar-refractivity contribution in [2.24, 2.45) is 11.8 Å². The highest BCUT2D eigenvalue weighted by molar-refractivity contribution is 5.71. The van der Waals surface area contributed by atoms with Crippen LogP contribution in [0.2, 0.25) is 0 Å². The third kappa shape index (κ3) is 1.03. The van der Waals surface area contributed by atoms with E-state index in [4.69, 9.17) is 5.11 Å². The maximum atomic E-state index is 10.8. The summed E-state index contributed by atoms with van der Waals surface area (Å²) in [6, 6.07) is 0. The molecule has 12 heavy (non-hydrogen) atoms. The lowest BCUT2D eigenvalue weighted by atomic mass is 9.78. The molecule has 0 saturated carbocycles. The zero-order valence-electron chi connectivity index (χ0n) is 6.81. The van der Waals surface area contributed by atoms with Crippen LogP contribution >= 0.6 is 0 Å². The molecule has 3 saturated heterocycles. The molecule has 2 atom stereocenters. The zero-order valence-corrected chi connectivity index (χ0v) is 6.81. The number of fused-ring (bicyclic) bond motifs is 3. The summed E-state index contributed by atoms with van der Waals surface area (Å²) in [7, 11) is 0. The molecule has 4 heteroatoms. The van der Waals surface area contributed by atoms with Gasteiger partial charge in [-0.05, 0) is 18.8 Å². The molecule has 3 rings (SSSR count). The first-order chi connectivity index (χ1) is 5.70. The van der Waals surface area contributed by atoms with Crippen LogP contribution in [0.15, 0.2) is 0 Å². The number of nitrogens with zero attached hydrogens (tertiary/aromatic N) is 1. The molecule has 4 nitrogen and oxygen atoms in total. The number of carbonyl (C=O) groups is 1. The summed E-state index contributed by atoms with van der Waals surface area (Å²) in [6.45, 7) is 1.71. The normalized spacial score (nSPS) is 46.1. The summed E-state index contributed by atoms with van der Waals surface area (Å²) >= 11 is 0. The van der Waals surface area contributed by atoms with Crippen LogP contribution in [0.1, 0.15) is 12.8 Å². The fourth-order valence-electron chi connectivity index (χ4n) is 2.34. The summed E-state index contributed by atoms with van der Waals surface area (Å²) in [5.41, 5.74) is 0. The second kappa shape index (κ2) is 2.71. The Morgan fingerprint density at radius 3 is 2.25 bits per heavy atom. The van der Waals surface area contributed by atoms with Crippen LogP contribution in [0.3, 0.4) is 0 Å². The average Bonchev–Trinajstić information content (AvgIpc) is 2.05. The van der Waals surface area contributed by atoms with Gasteiger partial charge >= 0.3 is 5.97 Å². The van der Waals surface area contributed by atoms with Crippen LogP contribution in [0, 0.1) is 11.8 Å². The highest BCUT2D eigenvalue weighted by Gasteiger charge is 2.45. The van der Waals surface area contributed by atoms with Gasteiger partial charge in [-0.3, -0.25) is 9.69 Å². The van der Waals surface area contributed by atoms with Crippen LogP contribution in [0.25, 0.3) is 0 Å². The molecule has 0 aromatic rings. The molecular formula is C8H13NO3. The van der Waals surface area contributed by atoms with Crippen LogP contribution < -0.4 is 0 Å². The lowest BCUT2D eigenvalue weighted by Gasteiger charge is -2.46. The number of hydrogen-bond acceptors (Lipinski definition) is 3. The molecule has 0 spiro atoms. The Morgan fingerprint density at radius 1 is 1.33 bits per heavy atom. The lowest BCUT2D eigenvalue weighted by Crippen LogP contribution is -2.57. The van der Waals surface area contributed by atoms with E-state index in [1.165, 1.54) is 0 Å². The zero-order chi connectivity index (χ0) is 8.72. The molecule has 3 aliphatic heterocycles. The topological polar surface area (TPSA) is 60.8 Å². The van der Waals surface area contributed by atoms with Crippen molar-refractivity contribution in [3.63, 3.8) is 0 Å². The maximum Gasteiger partial charge on any atom is 0.310 e. The maximum absolute atomic E-state index is 10.8. The van der Waals surface area contributed by atoms with Crippen molar-refractivity contribution >= 4 is 5.97 Å². The third-order valence-electron chi connectivity index (χ3n) is 3.06. The summed E-state index contributed by atoms with van der Waals surface area (Å²) in [5, 5.41) is 18.4. The molecule has 0 aromatic heterocycles. The Bertz CT molecular complexity index is 196. The number of aliphatic hydroxyl groups is 1. The fraction of sp³-hybridized carbons (Fsp3) is 0.875. The molecule has 3 aliphatic rings. The number of hydrogen-bond donors (Lipinski definition) is 2. The second-order valence-corrected chi connectivity index (χ2v) is 3.65. The minimum Gasteiger partial charge on any atom is -0.481 e. The first kappa shape index (κ1) is 8.01. The predicted molar refractivity (Wildman–Crippen MR) is 41.4 cm³/mol. The van der Waals surface area contributed by atoms with Gasteiger partial charge in [0.1, 0.15) is 6.23 Å². The number of aliphatic carboxylic acids is 1. The second-order valence-electron chi connectivity index (χ2n) is 3.65. The van der Waals surface area contributed by atoms with Crippen molar-refractivity contribution in [2.75, 3.05) is 13.1 Å². The van der Waals surface area contributed by atoms with E-state index in [1.54, 1.807) is 0 Å². The molecule has 3 fully saturated rings. The van der Waals surface area contributed by atoms with Gasteiger partial charge in [0, 0.05) is 13.1 Å².